The molecule has 0 unspecified atom stereocenters. The second kappa shape index (κ2) is 25.8. The molecule has 484 valence electrons. The lowest BCUT2D eigenvalue weighted by Gasteiger charge is -2.29. The quantitative estimate of drug-likeness (QED) is 0.0275. The summed E-state index contributed by atoms with van der Waals surface area (Å²) in [7, 11) is 7.78. The summed E-state index contributed by atoms with van der Waals surface area (Å²) in [5, 5.41) is 53.5. The standard InChI is InChI=1S/C72H112N12O4/c1-43(31-48(66(6,7)8)55(85)44(2)65(3,4)5)38-81(27)61-75-59(76-62(79-61)82(28)39-45-32-49(67(9,10)11)56(86)50(33-45)68(12,13)14)73-42-74-60-77-63(83(29)40-46-34-51(69(15,16)17)57(87)52(35-46)70(18,19)20)80-64(78-60)84(30)41-47-36-53(71(21,22)23)58(88)54(37-47)72(24,25)26/h31-37,85-88H,1,38-42H2,2-30H3,(H,73,75,76,79)(H,74,77,78,80)/b48-31+,55-44-. The lowest BCUT2D eigenvalue weighted by atomic mass is 9.78. The van der Waals surface area contributed by atoms with Gasteiger partial charge in [-0.1, -0.05) is 179 Å². The van der Waals surface area contributed by atoms with E-state index >= 15 is 0 Å². The summed E-state index contributed by atoms with van der Waals surface area (Å²) in [5.41, 5.74) is 8.08. The largest absolute Gasteiger partial charge is 0.508 e. The number of benzene rings is 3. The Kier molecular flexibility index (Phi) is 21.0. The van der Waals surface area contributed by atoms with Crippen LogP contribution in [0.4, 0.5) is 35.7 Å². The van der Waals surface area contributed by atoms with E-state index < -0.39 is 0 Å². The molecule has 16 heteroatoms. The third-order valence-electron chi connectivity index (χ3n) is 16.0. The summed E-state index contributed by atoms with van der Waals surface area (Å²) in [4.78, 5) is 38.2. The van der Waals surface area contributed by atoms with Gasteiger partial charge in [0.2, 0.25) is 35.7 Å². The third-order valence-corrected chi connectivity index (χ3v) is 16.0. The van der Waals surface area contributed by atoms with Crippen LogP contribution in [0.25, 0.3) is 0 Å². The fourth-order valence-corrected chi connectivity index (χ4v) is 10.4. The Morgan fingerprint density at radius 3 is 0.898 bits per heavy atom. The molecule has 0 fully saturated rings. The first kappa shape index (κ1) is 71.7. The van der Waals surface area contributed by atoms with Crippen molar-refractivity contribution < 1.29 is 20.4 Å². The van der Waals surface area contributed by atoms with Crippen LogP contribution in [0.3, 0.4) is 0 Å². The van der Waals surface area contributed by atoms with E-state index in [1.807, 2.05) is 60.8 Å². The van der Waals surface area contributed by atoms with Crippen LogP contribution < -0.4 is 30.2 Å². The minimum Gasteiger partial charge on any atom is -0.508 e. The molecule has 0 aliphatic heterocycles. The second-order valence-electron chi connectivity index (χ2n) is 32.8. The van der Waals surface area contributed by atoms with Gasteiger partial charge in [-0.2, -0.15) is 29.9 Å². The van der Waals surface area contributed by atoms with Gasteiger partial charge in [-0.15, -0.1) is 0 Å². The summed E-state index contributed by atoms with van der Waals surface area (Å²) in [6, 6.07) is 12.5. The molecule has 88 heavy (non-hydrogen) atoms. The van der Waals surface area contributed by atoms with Gasteiger partial charge < -0.3 is 50.7 Å². The van der Waals surface area contributed by atoms with Crippen LogP contribution in [-0.4, -0.2) is 91.7 Å². The van der Waals surface area contributed by atoms with Gasteiger partial charge in [-0.3, -0.25) is 0 Å². The summed E-state index contributed by atoms with van der Waals surface area (Å²) < 4.78 is 0. The number of phenolic OH excluding ortho intramolecular Hbond substituents is 3. The van der Waals surface area contributed by atoms with Crippen molar-refractivity contribution in [1.29, 1.82) is 0 Å². The number of aliphatic hydroxyl groups excluding tert-OH is 1. The molecule has 2 aromatic heterocycles. The molecular weight excluding hydrogens is 1100 g/mol. The number of phenols is 3. The van der Waals surface area contributed by atoms with E-state index in [0.717, 1.165) is 66.8 Å². The summed E-state index contributed by atoms with van der Waals surface area (Å²) >= 11 is 0. The SMILES string of the molecule is C=C(/C=C(\C(O)=C(/C)C(C)(C)C)C(C)(C)C)CN(C)c1nc(NCNc2nc(N(C)Cc3cc(C(C)(C)C)c(O)c(C(C)(C)C)c3)nc(N(C)Cc3cc(C(C)(C)C)c(O)c(C(C)(C)C)c3)n2)nc(N(C)Cc2cc(C(C)(C)C)c(O)c(C(C)(C)C)c2)n1. The van der Waals surface area contributed by atoms with Crippen molar-refractivity contribution in [2.45, 2.75) is 225 Å². The first-order valence-electron chi connectivity index (χ1n) is 31.0. The van der Waals surface area contributed by atoms with Gasteiger partial charge in [0.15, 0.2) is 0 Å². The number of likely N-dealkylation sites (N-methyl/N-ethyl adjacent to an activating group) is 1. The minimum atomic E-state index is -0.387. The number of aliphatic hydroxyl groups is 1. The maximum absolute atomic E-state index is 11.7. The number of nitrogens with one attached hydrogen (secondary N) is 2. The molecule has 6 N–H and O–H groups in total. The van der Waals surface area contributed by atoms with Crippen molar-refractivity contribution in [3.8, 4) is 17.2 Å². The van der Waals surface area contributed by atoms with E-state index in [0.29, 0.717) is 73.2 Å². The van der Waals surface area contributed by atoms with Crippen LogP contribution in [0.2, 0.25) is 0 Å². The molecule has 5 rings (SSSR count). The fourth-order valence-electron chi connectivity index (χ4n) is 10.4. The molecule has 2 heterocycles. The molecule has 0 spiro atoms. The fraction of sp³-hybridized carbons (Fsp3) is 0.583. The summed E-state index contributed by atoms with van der Waals surface area (Å²) in [6.07, 6.45) is 1.98. The van der Waals surface area contributed by atoms with Crippen molar-refractivity contribution >= 4 is 35.7 Å². The number of nitrogens with zero attached hydrogens (tertiary/aromatic N) is 10. The normalized spacial score (nSPS) is 13.5. The van der Waals surface area contributed by atoms with Crippen LogP contribution in [0.15, 0.2) is 71.5 Å². The number of anilines is 6. The van der Waals surface area contributed by atoms with E-state index in [4.69, 9.17) is 29.9 Å². The average Bonchev–Trinajstić information content (AvgIpc) is 2.52. The molecule has 3 aromatic carbocycles. The first-order chi connectivity index (χ1) is 39.8. The van der Waals surface area contributed by atoms with Crippen LogP contribution >= 0.6 is 0 Å². The predicted molar refractivity (Wildman–Crippen MR) is 369 cm³/mol. The Labute approximate surface area is 530 Å². The summed E-state index contributed by atoms with van der Waals surface area (Å²) in [6.45, 7) is 58.8. The zero-order valence-electron chi connectivity index (χ0n) is 59.5. The van der Waals surface area contributed by atoms with E-state index in [2.05, 4.69) is 220 Å². The molecule has 0 saturated carbocycles. The Hall–Kier alpha value is -7.10. The van der Waals surface area contributed by atoms with Gasteiger partial charge in [0, 0.05) is 54.4 Å². The topological polar surface area (TPSA) is 195 Å². The van der Waals surface area contributed by atoms with Crippen molar-refractivity contribution in [1.82, 2.24) is 29.9 Å². The van der Waals surface area contributed by atoms with E-state index in [-0.39, 0.29) is 61.7 Å². The number of hydrogen-bond acceptors (Lipinski definition) is 16. The lowest BCUT2D eigenvalue weighted by Crippen LogP contribution is -2.28. The Morgan fingerprint density at radius 1 is 0.420 bits per heavy atom. The third kappa shape index (κ3) is 18.0. The molecule has 0 aliphatic rings. The Morgan fingerprint density at radius 2 is 0.670 bits per heavy atom. The van der Waals surface area contributed by atoms with Gasteiger partial charge in [-0.05, 0) is 153 Å². The molecule has 5 aromatic rings. The molecule has 0 amide bonds. The second-order valence-corrected chi connectivity index (χ2v) is 32.8. The van der Waals surface area contributed by atoms with E-state index in [9.17, 15) is 20.4 Å². The molecule has 0 radical (unpaired) electrons. The predicted octanol–water partition coefficient (Wildman–Crippen LogP) is 16.2. The number of hydrogen-bond donors (Lipinski definition) is 6. The van der Waals surface area contributed by atoms with Crippen LogP contribution in [0, 0.1) is 10.8 Å². The van der Waals surface area contributed by atoms with E-state index in [1.165, 1.54) is 0 Å². The highest BCUT2D eigenvalue weighted by Crippen LogP contribution is 2.44. The maximum atomic E-state index is 11.7. The maximum Gasteiger partial charge on any atom is 0.232 e. The molecular formula is C72H112N12O4. The molecule has 0 atom stereocenters. The highest BCUT2D eigenvalue weighted by molar-refractivity contribution is 5.56. The molecule has 0 aliphatic carbocycles. The van der Waals surface area contributed by atoms with Crippen molar-refractivity contribution in [2.24, 2.45) is 10.8 Å². The smallest absolute Gasteiger partial charge is 0.232 e. The zero-order chi connectivity index (χ0) is 67.2. The Balaban J connectivity index is 1.63. The van der Waals surface area contributed by atoms with Crippen molar-refractivity contribution in [3.05, 3.63) is 122 Å². The number of aromatic nitrogens is 6. The van der Waals surface area contributed by atoms with Gasteiger partial charge in [-0.25, -0.2) is 0 Å². The number of aromatic hydroxyl groups is 3. The highest BCUT2D eigenvalue weighted by atomic mass is 16.3. The summed E-state index contributed by atoms with van der Waals surface area (Å²) in [5.74, 6) is 3.45. The van der Waals surface area contributed by atoms with Crippen LogP contribution in [0.5, 0.6) is 17.2 Å². The van der Waals surface area contributed by atoms with Crippen LogP contribution in [-0.2, 0) is 52.1 Å². The van der Waals surface area contributed by atoms with Gasteiger partial charge in [0.05, 0.1) is 6.67 Å². The van der Waals surface area contributed by atoms with Crippen molar-refractivity contribution in [3.63, 3.8) is 0 Å². The average molecular weight is 1210 g/mol. The molecule has 0 saturated heterocycles. The monoisotopic (exact) mass is 1210 g/mol. The number of rotatable bonds is 18. The first-order valence-corrected chi connectivity index (χ1v) is 31.0. The zero-order valence-corrected chi connectivity index (χ0v) is 59.5. The number of allylic oxidation sites excluding steroid dienone is 2. The molecule has 16 nitrogen and oxygen atoms in total. The van der Waals surface area contributed by atoms with Gasteiger partial charge >= 0.3 is 0 Å². The van der Waals surface area contributed by atoms with Gasteiger partial charge in [0.25, 0.3) is 0 Å². The highest BCUT2D eigenvalue weighted by Gasteiger charge is 2.32. The minimum absolute atomic E-state index is 0.0985. The lowest BCUT2D eigenvalue weighted by molar-refractivity contribution is 0.351. The van der Waals surface area contributed by atoms with E-state index in [1.54, 1.807) is 0 Å². The van der Waals surface area contributed by atoms with Gasteiger partial charge in [0.1, 0.15) is 23.0 Å². The van der Waals surface area contributed by atoms with Crippen LogP contribution in [0.1, 0.15) is 223 Å². The molecule has 0 bridgehead atoms. The van der Waals surface area contributed by atoms with Crippen molar-refractivity contribution in [2.75, 3.05) is 71.6 Å². The Bertz CT molecular complexity index is 3180.